The minimum atomic E-state index is 0.745. The van der Waals surface area contributed by atoms with Crippen LogP contribution < -0.4 is 10.2 Å². The fourth-order valence-electron chi connectivity index (χ4n) is 1.93. The zero-order valence-electron chi connectivity index (χ0n) is 9.40. The molecule has 0 spiro atoms. The van der Waals surface area contributed by atoms with Gasteiger partial charge in [-0.05, 0) is 31.8 Å². The summed E-state index contributed by atoms with van der Waals surface area (Å²) in [5.74, 6) is 1.74. The van der Waals surface area contributed by atoms with Crippen molar-refractivity contribution in [3.8, 4) is 0 Å². The first-order valence-electron chi connectivity index (χ1n) is 5.44. The van der Waals surface area contributed by atoms with E-state index in [1.165, 1.54) is 6.42 Å². The topological polar surface area (TPSA) is 41.0 Å². The van der Waals surface area contributed by atoms with Gasteiger partial charge in [-0.25, -0.2) is 9.97 Å². The van der Waals surface area contributed by atoms with Gasteiger partial charge < -0.3 is 10.2 Å². The van der Waals surface area contributed by atoms with Crippen molar-refractivity contribution in [3.05, 3.63) is 18.1 Å². The van der Waals surface area contributed by atoms with Gasteiger partial charge >= 0.3 is 0 Å². The molecule has 1 N–H and O–H groups in total. The standard InChI is InChI=1S/C11H18N4/c1-15(2)11-6-10(13-8-14-11)5-9-3-4-12-7-9/h6,8-9,12H,3-5,7H2,1-2H3. The second-order valence-corrected chi connectivity index (χ2v) is 4.32. The molecule has 1 atom stereocenters. The summed E-state index contributed by atoms with van der Waals surface area (Å²) in [5, 5.41) is 3.38. The van der Waals surface area contributed by atoms with E-state index in [2.05, 4.69) is 21.4 Å². The highest BCUT2D eigenvalue weighted by Crippen LogP contribution is 2.15. The van der Waals surface area contributed by atoms with Crippen LogP contribution in [0, 0.1) is 5.92 Å². The maximum Gasteiger partial charge on any atom is 0.131 e. The van der Waals surface area contributed by atoms with Crippen molar-refractivity contribution >= 4 is 5.82 Å². The average Bonchev–Trinajstić information content (AvgIpc) is 2.71. The molecule has 1 unspecified atom stereocenters. The Kier molecular flexibility index (Phi) is 3.16. The molecule has 4 nitrogen and oxygen atoms in total. The number of nitrogens with zero attached hydrogens (tertiary/aromatic N) is 3. The lowest BCUT2D eigenvalue weighted by Crippen LogP contribution is -2.14. The SMILES string of the molecule is CN(C)c1cc(CC2CCNC2)ncn1. The summed E-state index contributed by atoms with van der Waals surface area (Å²) < 4.78 is 0. The van der Waals surface area contributed by atoms with Crippen molar-refractivity contribution in [3.63, 3.8) is 0 Å². The second kappa shape index (κ2) is 4.57. The number of anilines is 1. The molecule has 15 heavy (non-hydrogen) atoms. The number of nitrogens with one attached hydrogen (secondary N) is 1. The van der Waals surface area contributed by atoms with E-state index in [9.17, 15) is 0 Å². The zero-order chi connectivity index (χ0) is 10.7. The predicted octanol–water partition coefficient (Wildman–Crippen LogP) is 0.695. The Morgan fingerprint density at radius 2 is 2.33 bits per heavy atom. The normalized spacial score (nSPS) is 20.5. The third-order valence-corrected chi connectivity index (χ3v) is 2.83. The molecule has 2 heterocycles. The summed E-state index contributed by atoms with van der Waals surface area (Å²) in [6.45, 7) is 2.28. The van der Waals surface area contributed by atoms with E-state index >= 15 is 0 Å². The predicted molar refractivity (Wildman–Crippen MR) is 61.0 cm³/mol. The van der Waals surface area contributed by atoms with Gasteiger partial charge in [-0.2, -0.15) is 0 Å². The Bertz CT molecular complexity index is 318. The Morgan fingerprint density at radius 1 is 1.47 bits per heavy atom. The van der Waals surface area contributed by atoms with Gasteiger partial charge in [-0.3, -0.25) is 0 Å². The van der Waals surface area contributed by atoms with Crippen LogP contribution in [-0.4, -0.2) is 37.2 Å². The van der Waals surface area contributed by atoms with E-state index in [4.69, 9.17) is 0 Å². The molecule has 2 rings (SSSR count). The summed E-state index contributed by atoms with van der Waals surface area (Å²) in [4.78, 5) is 10.5. The quantitative estimate of drug-likeness (QED) is 0.790. The fraction of sp³-hybridized carbons (Fsp3) is 0.636. The lowest BCUT2D eigenvalue weighted by molar-refractivity contribution is 0.571. The molecule has 1 saturated heterocycles. The highest BCUT2D eigenvalue weighted by molar-refractivity contribution is 5.36. The zero-order valence-corrected chi connectivity index (χ0v) is 9.40. The van der Waals surface area contributed by atoms with Crippen molar-refractivity contribution in [1.29, 1.82) is 0 Å². The van der Waals surface area contributed by atoms with Crippen molar-refractivity contribution < 1.29 is 0 Å². The highest BCUT2D eigenvalue weighted by Gasteiger charge is 2.15. The van der Waals surface area contributed by atoms with Gasteiger partial charge in [0.1, 0.15) is 12.1 Å². The van der Waals surface area contributed by atoms with E-state index in [0.29, 0.717) is 0 Å². The molecule has 1 aromatic heterocycles. The molecule has 4 heteroatoms. The van der Waals surface area contributed by atoms with Crippen molar-refractivity contribution in [2.45, 2.75) is 12.8 Å². The molecule has 1 fully saturated rings. The van der Waals surface area contributed by atoms with E-state index in [1.807, 2.05) is 19.0 Å². The Hall–Kier alpha value is -1.16. The molecule has 1 aliphatic heterocycles. The van der Waals surface area contributed by atoms with Gasteiger partial charge in [0.25, 0.3) is 0 Å². The summed E-state index contributed by atoms with van der Waals surface area (Å²) in [6.07, 6.45) is 3.99. The van der Waals surface area contributed by atoms with Gasteiger partial charge in [0.05, 0.1) is 0 Å². The van der Waals surface area contributed by atoms with Gasteiger partial charge in [0.2, 0.25) is 0 Å². The largest absolute Gasteiger partial charge is 0.363 e. The first-order chi connectivity index (χ1) is 7.25. The summed E-state index contributed by atoms with van der Waals surface area (Å²) in [6, 6.07) is 2.08. The molecule has 1 aliphatic rings. The molecule has 1 aromatic rings. The molecular weight excluding hydrogens is 188 g/mol. The minimum absolute atomic E-state index is 0.745. The summed E-state index contributed by atoms with van der Waals surface area (Å²) in [7, 11) is 4.01. The minimum Gasteiger partial charge on any atom is -0.363 e. The second-order valence-electron chi connectivity index (χ2n) is 4.32. The lowest BCUT2D eigenvalue weighted by atomic mass is 10.0. The van der Waals surface area contributed by atoms with Crippen LogP contribution in [0.4, 0.5) is 5.82 Å². The van der Waals surface area contributed by atoms with Crippen LogP contribution >= 0.6 is 0 Å². The van der Waals surface area contributed by atoms with Crippen LogP contribution in [0.15, 0.2) is 12.4 Å². The lowest BCUT2D eigenvalue weighted by Gasteiger charge is -2.13. The van der Waals surface area contributed by atoms with E-state index in [1.54, 1.807) is 6.33 Å². The molecule has 0 aromatic carbocycles. The van der Waals surface area contributed by atoms with Crippen LogP contribution in [0.3, 0.4) is 0 Å². The number of hydrogen-bond donors (Lipinski definition) is 1. The fourth-order valence-corrected chi connectivity index (χ4v) is 1.93. The van der Waals surface area contributed by atoms with E-state index < -0.39 is 0 Å². The van der Waals surface area contributed by atoms with Crippen LogP contribution in [0.5, 0.6) is 0 Å². The van der Waals surface area contributed by atoms with Gasteiger partial charge in [0, 0.05) is 25.9 Å². The summed E-state index contributed by atoms with van der Waals surface area (Å²) >= 11 is 0. The molecule has 82 valence electrons. The third kappa shape index (κ3) is 2.65. The van der Waals surface area contributed by atoms with Crippen LogP contribution in [0.2, 0.25) is 0 Å². The smallest absolute Gasteiger partial charge is 0.131 e. The monoisotopic (exact) mass is 206 g/mol. The van der Waals surface area contributed by atoms with Crippen LogP contribution in [0.25, 0.3) is 0 Å². The third-order valence-electron chi connectivity index (χ3n) is 2.83. The van der Waals surface area contributed by atoms with E-state index in [-0.39, 0.29) is 0 Å². The molecule has 0 radical (unpaired) electrons. The average molecular weight is 206 g/mol. The molecule has 0 amide bonds. The number of hydrogen-bond acceptors (Lipinski definition) is 4. The van der Waals surface area contributed by atoms with Gasteiger partial charge in [0.15, 0.2) is 0 Å². The van der Waals surface area contributed by atoms with Gasteiger partial charge in [-0.1, -0.05) is 0 Å². The summed E-state index contributed by atoms with van der Waals surface area (Å²) in [5.41, 5.74) is 1.16. The molecule has 0 saturated carbocycles. The first-order valence-corrected chi connectivity index (χ1v) is 5.44. The number of aromatic nitrogens is 2. The Balaban J connectivity index is 2.04. The Labute approximate surface area is 90.7 Å². The molecule has 0 aliphatic carbocycles. The maximum atomic E-state index is 4.32. The van der Waals surface area contributed by atoms with E-state index in [0.717, 1.165) is 36.9 Å². The highest BCUT2D eigenvalue weighted by atomic mass is 15.1. The maximum absolute atomic E-state index is 4.32. The van der Waals surface area contributed by atoms with Crippen LogP contribution in [-0.2, 0) is 6.42 Å². The van der Waals surface area contributed by atoms with Gasteiger partial charge in [-0.15, -0.1) is 0 Å². The molecular formula is C11H18N4. The first kappa shape index (κ1) is 10.4. The van der Waals surface area contributed by atoms with Crippen molar-refractivity contribution in [2.24, 2.45) is 5.92 Å². The van der Waals surface area contributed by atoms with Crippen molar-refractivity contribution in [1.82, 2.24) is 15.3 Å². The van der Waals surface area contributed by atoms with Crippen LogP contribution in [0.1, 0.15) is 12.1 Å². The van der Waals surface area contributed by atoms with Crippen molar-refractivity contribution in [2.75, 3.05) is 32.1 Å². The Morgan fingerprint density at radius 3 is 3.00 bits per heavy atom. The number of rotatable bonds is 3. The molecule has 0 bridgehead atoms.